The first kappa shape index (κ1) is 17.8. The molecule has 1 N–H and O–H groups in total. The number of nitrogens with zero attached hydrogens (tertiary/aromatic N) is 3. The highest BCUT2D eigenvalue weighted by atomic mass is 16.6. The number of carbonyl (C=O) groups excluding carboxylic acids is 1. The third kappa shape index (κ3) is 3.35. The number of anilines is 1. The van der Waals surface area contributed by atoms with Crippen LogP contribution in [0.4, 0.5) is 16.2 Å². The molecule has 138 valence electrons. The van der Waals surface area contributed by atoms with E-state index in [1.165, 1.54) is 12.1 Å². The largest absolute Gasteiger partial charge is 0.484 e. The van der Waals surface area contributed by atoms with Gasteiger partial charge in [0.25, 0.3) is 5.69 Å². The number of rotatable bonds is 1. The third-order valence-electron chi connectivity index (χ3n) is 4.26. The van der Waals surface area contributed by atoms with E-state index in [2.05, 4.69) is 5.32 Å². The summed E-state index contributed by atoms with van der Waals surface area (Å²) < 4.78 is 11.3. The van der Waals surface area contributed by atoms with Crippen molar-refractivity contribution in [2.45, 2.75) is 44.9 Å². The number of fused-ring (bicyclic) bond motifs is 2. The lowest BCUT2D eigenvalue weighted by atomic mass is 9.98. The summed E-state index contributed by atoms with van der Waals surface area (Å²) >= 11 is 0. The van der Waals surface area contributed by atoms with Crippen LogP contribution in [0.5, 0.6) is 5.75 Å². The first-order valence-electron chi connectivity index (χ1n) is 8.32. The molecule has 26 heavy (non-hydrogen) atoms. The second-order valence-corrected chi connectivity index (χ2v) is 7.33. The standard InChI is InChI=1S/C17H20N4O5/c1-17(2,3)26-16(22)20-7-6-14-12(9-20)19-11-4-5-13(21(23)24)10(8-18)15(11)25-14/h4-5,12,14,19H,6-7,9H2,1-3H3/t12-,14+/m0/s1. The zero-order valence-electron chi connectivity index (χ0n) is 14.8. The fourth-order valence-corrected chi connectivity index (χ4v) is 3.12. The molecule has 1 fully saturated rings. The molecular formula is C17H20N4O5. The lowest BCUT2D eigenvalue weighted by molar-refractivity contribution is -0.385. The van der Waals surface area contributed by atoms with E-state index in [9.17, 15) is 20.2 Å². The van der Waals surface area contributed by atoms with Gasteiger partial charge in [-0.05, 0) is 26.8 Å². The molecule has 0 unspecified atom stereocenters. The van der Waals surface area contributed by atoms with Crippen molar-refractivity contribution in [3.63, 3.8) is 0 Å². The summed E-state index contributed by atoms with van der Waals surface area (Å²) in [6, 6.07) is 4.48. The van der Waals surface area contributed by atoms with Crippen molar-refractivity contribution in [2.75, 3.05) is 18.4 Å². The SMILES string of the molecule is CC(C)(C)OC(=O)N1CC[C@H]2Oc3c(ccc([N+](=O)[O-])c3C#N)N[C@H]2C1. The van der Waals surface area contributed by atoms with Crippen LogP contribution < -0.4 is 10.1 Å². The molecule has 9 nitrogen and oxygen atoms in total. The molecule has 0 spiro atoms. The fourth-order valence-electron chi connectivity index (χ4n) is 3.12. The molecule has 1 aromatic carbocycles. The topological polar surface area (TPSA) is 118 Å². The Morgan fingerprint density at radius 1 is 1.50 bits per heavy atom. The fraction of sp³-hybridized carbons (Fsp3) is 0.529. The van der Waals surface area contributed by atoms with Crippen LogP contribution in [-0.2, 0) is 4.74 Å². The van der Waals surface area contributed by atoms with Crippen LogP contribution in [0.1, 0.15) is 32.8 Å². The maximum Gasteiger partial charge on any atom is 0.410 e. The number of nitro benzene ring substituents is 1. The van der Waals surface area contributed by atoms with Crippen LogP contribution in [0.2, 0.25) is 0 Å². The van der Waals surface area contributed by atoms with E-state index in [1.54, 1.807) is 4.90 Å². The van der Waals surface area contributed by atoms with Crippen molar-refractivity contribution < 1.29 is 19.2 Å². The Balaban J connectivity index is 1.81. The number of nitriles is 1. The molecule has 0 aliphatic carbocycles. The molecule has 0 saturated carbocycles. The van der Waals surface area contributed by atoms with Crippen molar-refractivity contribution in [3.8, 4) is 11.8 Å². The molecular weight excluding hydrogens is 340 g/mol. The van der Waals surface area contributed by atoms with Crippen LogP contribution in [-0.4, -0.2) is 46.8 Å². The monoisotopic (exact) mass is 360 g/mol. The molecule has 2 heterocycles. The summed E-state index contributed by atoms with van der Waals surface area (Å²) in [5.41, 5.74) is -0.428. The van der Waals surface area contributed by atoms with E-state index >= 15 is 0 Å². The minimum absolute atomic E-state index is 0.0898. The lowest BCUT2D eigenvalue weighted by Crippen LogP contribution is -2.56. The summed E-state index contributed by atoms with van der Waals surface area (Å²) in [5, 5.41) is 23.7. The van der Waals surface area contributed by atoms with Gasteiger partial charge >= 0.3 is 6.09 Å². The zero-order chi connectivity index (χ0) is 19.1. The molecule has 0 bridgehead atoms. The second kappa shape index (κ2) is 6.37. The van der Waals surface area contributed by atoms with Crippen molar-refractivity contribution >= 4 is 17.5 Å². The maximum atomic E-state index is 12.3. The normalized spacial score (nSPS) is 21.4. The van der Waals surface area contributed by atoms with Crippen molar-refractivity contribution in [2.24, 2.45) is 0 Å². The number of hydrogen-bond donors (Lipinski definition) is 1. The van der Waals surface area contributed by atoms with Gasteiger partial charge in [0.1, 0.15) is 17.8 Å². The van der Waals surface area contributed by atoms with Gasteiger partial charge in [-0.3, -0.25) is 10.1 Å². The number of piperidine rings is 1. The highest BCUT2D eigenvalue weighted by Crippen LogP contribution is 2.40. The molecule has 9 heteroatoms. The van der Waals surface area contributed by atoms with Gasteiger partial charge < -0.3 is 19.7 Å². The Kier molecular flexibility index (Phi) is 4.36. The number of nitro groups is 1. The number of likely N-dealkylation sites (tertiary alicyclic amines) is 1. The van der Waals surface area contributed by atoms with E-state index in [0.717, 1.165) is 0 Å². The highest BCUT2D eigenvalue weighted by Gasteiger charge is 2.39. The minimum atomic E-state index is -0.598. The van der Waals surface area contributed by atoms with Gasteiger partial charge in [0.05, 0.1) is 16.7 Å². The van der Waals surface area contributed by atoms with Crippen molar-refractivity contribution in [1.29, 1.82) is 5.26 Å². The van der Waals surface area contributed by atoms with Crippen LogP contribution >= 0.6 is 0 Å². The van der Waals surface area contributed by atoms with Crippen molar-refractivity contribution in [3.05, 3.63) is 27.8 Å². The van der Waals surface area contributed by atoms with Gasteiger partial charge in [0.2, 0.25) is 0 Å². The van der Waals surface area contributed by atoms with Crippen LogP contribution in [0.15, 0.2) is 12.1 Å². The van der Waals surface area contributed by atoms with Gasteiger partial charge in [-0.1, -0.05) is 0 Å². The number of carbonyl (C=O) groups is 1. The van der Waals surface area contributed by atoms with Gasteiger partial charge in [0, 0.05) is 25.6 Å². The average Bonchev–Trinajstić information content (AvgIpc) is 2.56. The quantitative estimate of drug-likeness (QED) is 0.604. The Morgan fingerprint density at radius 3 is 2.85 bits per heavy atom. The maximum absolute atomic E-state index is 12.3. The van der Waals surface area contributed by atoms with Gasteiger partial charge in [-0.2, -0.15) is 5.26 Å². The summed E-state index contributed by atoms with van der Waals surface area (Å²) in [5.74, 6) is 0.202. The van der Waals surface area contributed by atoms with Gasteiger partial charge in [-0.25, -0.2) is 4.79 Å². The second-order valence-electron chi connectivity index (χ2n) is 7.33. The summed E-state index contributed by atoms with van der Waals surface area (Å²) in [6.07, 6.45) is -0.135. The molecule has 2 aliphatic heterocycles. The van der Waals surface area contributed by atoms with Crippen LogP contribution in [0.3, 0.4) is 0 Å². The predicted molar refractivity (Wildman–Crippen MR) is 92.1 cm³/mol. The first-order valence-corrected chi connectivity index (χ1v) is 8.32. The number of ether oxygens (including phenoxy) is 2. The van der Waals surface area contributed by atoms with E-state index in [-0.39, 0.29) is 35.2 Å². The minimum Gasteiger partial charge on any atom is -0.484 e. The smallest absolute Gasteiger partial charge is 0.410 e. The Hall–Kier alpha value is -3.02. The summed E-state index contributed by atoms with van der Waals surface area (Å²) in [6.45, 7) is 6.27. The molecule has 2 atom stereocenters. The van der Waals surface area contributed by atoms with E-state index < -0.39 is 10.5 Å². The zero-order valence-corrected chi connectivity index (χ0v) is 14.8. The predicted octanol–water partition coefficient (Wildman–Crippen LogP) is 2.65. The molecule has 1 saturated heterocycles. The van der Waals surface area contributed by atoms with Crippen LogP contribution in [0, 0.1) is 21.4 Å². The van der Waals surface area contributed by atoms with Crippen LogP contribution in [0.25, 0.3) is 0 Å². The number of benzene rings is 1. The van der Waals surface area contributed by atoms with Gasteiger partial charge in [0.15, 0.2) is 11.3 Å². The van der Waals surface area contributed by atoms with E-state index in [0.29, 0.717) is 25.2 Å². The van der Waals surface area contributed by atoms with E-state index in [1.807, 2.05) is 26.8 Å². The number of nitrogens with one attached hydrogen (secondary N) is 1. The summed E-state index contributed by atoms with van der Waals surface area (Å²) in [7, 11) is 0. The number of amides is 1. The molecule has 3 rings (SSSR count). The Bertz CT molecular complexity index is 796. The lowest BCUT2D eigenvalue weighted by Gasteiger charge is -2.42. The number of hydrogen-bond acceptors (Lipinski definition) is 7. The van der Waals surface area contributed by atoms with Crippen molar-refractivity contribution in [1.82, 2.24) is 4.90 Å². The molecule has 1 aromatic rings. The Morgan fingerprint density at radius 2 is 2.23 bits per heavy atom. The molecule has 2 aliphatic rings. The molecule has 0 aromatic heterocycles. The Labute approximate surface area is 150 Å². The molecule has 1 amide bonds. The first-order chi connectivity index (χ1) is 12.2. The highest BCUT2D eigenvalue weighted by molar-refractivity contribution is 5.72. The summed E-state index contributed by atoms with van der Waals surface area (Å²) in [4.78, 5) is 24.4. The average molecular weight is 360 g/mol. The van der Waals surface area contributed by atoms with Gasteiger partial charge in [-0.15, -0.1) is 0 Å². The van der Waals surface area contributed by atoms with E-state index in [4.69, 9.17) is 9.47 Å². The third-order valence-corrected chi connectivity index (χ3v) is 4.26. The molecule has 0 radical (unpaired) electrons.